The van der Waals surface area contributed by atoms with Crippen LogP contribution in [0.5, 0.6) is 0 Å². The molecule has 9 rings (SSSR count). The Morgan fingerprint density at radius 3 is 2.15 bits per heavy atom. The van der Waals surface area contributed by atoms with E-state index in [1.54, 1.807) is 0 Å². The van der Waals surface area contributed by atoms with Crippen molar-refractivity contribution in [1.82, 2.24) is 18.5 Å². The first-order chi connectivity index (χ1) is 21.8. The zero-order valence-corrected chi connectivity index (χ0v) is 28.3. The van der Waals surface area contributed by atoms with E-state index in [0.717, 1.165) is 32.7 Å². The number of nitrogens with zero attached hydrogens (tertiary/aromatic N) is 5. The second-order valence-electron chi connectivity index (χ2n) is 15.6. The minimum atomic E-state index is 0.0349. The lowest BCUT2D eigenvalue weighted by molar-refractivity contribution is 0.157. The summed E-state index contributed by atoms with van der Waals surface area (Å²) in [4.78, 5) is 7.20. The van der Waals surface area contributed by atoms with Gasteiger partial charge in [-0.3, -0.25) is 9.05 Å². The van der Waals surface area contributed by atoms with Gasteiger partial charge in [0.15, 0.2) is 18.0 Å². The van der Waals surface area contributed by atoms with Crippen molar-refractivity contribution in [3.8, 4) is 5.82 Å². The van der Waals surface area contributed by atoms with Crippen molar-refractivity contribution in [1.29, 1.82) is 0 Å². The summed E-state index contributed by atoms with van der Waals surface area (Å²) in [7, 11) is 4.51. The summed E-state index contributed by atoms with van der Waals surface area (Å²) in [5.41, 5.74) is 11.6. The monoisotopic (exact) mass is 606 g/mol. The Bertz CT molecular complexity index is 2170. The third-order valence-corrected chi connectivity index (χ3v) is 10.4. The van der Waals surface area contributed by atoms with E-state index in [1.807, 2.05) is 6.20 Å². The summed E-state index contributed by atoms with van der Waals surface area (Å²) >= 11 is 0. The molecule has 2 aromatic heterocycles. The highest BCUT2D eigenvalue weighted by molar-refractivity contribution is 6.10. The number of aromatic nitrogens is 2. The predicted molar refractivity (Wildman–Crippen MR) is 195 cm³/mol. The predicted octanol–water partition coefficient (Wildman–Crippen LogP) is 10.2. The van der Waals surface area contributed by atoms with Crippen LogP contribution in [0.25, 0.3) is 27.6 Å². The van der Waals surface area contributed by atoms with Crippen LogP contribution in [0.1, 0.15) is 52.7 Å². The van der Waals surface area contributed by atoms with Gasteiger partial charge in [0.25, 0.3) is 0 Å². The van der Waals surface area contributed by atoms with Crippen LogP contribution in [-0.2, 0) is 10.8 Å². The molecule has 3 aliphatic rings. The average molecular weight is 607 g/mol. The Labute approximate surface area is 273 Å². The standard InChI is InChI=1S/C41H44N5/c1-40(2,3)28-16-19-37-38(22-28)46(26-45(37,8)27-46)32-13-11-12-30(24-32)43(7)31-17-18-34-33-14-9-10-15-35(33)44(36(34)25-31)39-23-29(20-21-42-39)41(4,5)6/h9-26H,27H2,1-8H3/q+1/t45-,46+/m0/s1. The van der Waals surface area contributed by atoms with Crippen molar-refractivity contribution >= 4 is 50.2 Å². The van der Waals surface area contributed by atoms with E-state index in [-0.39, 0.29) is 10.8 Å². The average Bonchev–Trinajstić information content (AvgIpc) is 3.58. The van der Waals surface area contributed by atoms with E-state index >= 15 is 0 Å². The molecule has 4 aromatic carbocycles. The van der Waals surface area contributed by atoms with Gasteiger partial charge in [-0.05, 0) is 64.4 Å². The van der Waals surface area contributed by atoms with Gasteiger partial charge < -0.3 is 9.38 Å². The van der Waals surface area contributed by atoms with E-state index < -0.39 is 0 Å². The number of hydrogen-bond acceptors (Lipinski definition) is 2. The van der Waals surface area contributed by atoms with Gasteiger partial charge in [-0.2, -0.15) is 0 Å². The van der Waals surface area contributed by atoms with Crippen molar-refractivity contribution in [2.75, 3.05) is 25.7 Å². The fourth-order valence-corrected chi connectivity index (χ4v) is 7.70. The maximum Gasteiger partial charge on any atom is 0.181 e. The fourth-order valence-electron chi connectivity index (χ4n) is 7.70. The second-order valence-corrected chi connectivity index (χ2v) is 15.6. The van der Waals surface area contributed by atoms with Gasteiger partial charge in [0, 0.05) is 53.6 Å². The number of rotatable bonds is 4. The van der Waals surface area contributed by atoms with Crippen molar-refractivity contribution in [2.45, 2.75) is 52.4 Å². The van der Waals surface area contributed by atoms with Gasteiger partial charge in [0.05, 0.1) is 24.7 Å². The van der Waals surface area contributed by atoms with Gasteiger partial charge in [0.2, 0.25) is 0 Å². The van der Waals surface area contributed by atoms with Gasteiger partial charge in [0.1, 0.15) is 11.5 Å². The molecule has 5 heterocycles. The molecule has 0 radical (unpaired) electrons. The van der Waals surface area contributed by atoms with Crippen LogP contribution >= 0.6 is 0 Å². The molecule has 0 unspecified atom stereocenters. The highest BCUT2D eigenvalue weighted by atomic mass is 15.7. The largest absolute Gasteiger partial charge is 0.344 e. The molecule has 0 spiro atoms. The molecule has 2 atom stereocenters. The Balaban J connectivity index is 1.22. The van der Waals surface area contributed by atoms with Crippen LogP contribution < -0.4 is 13.9 Å². The minimum Gasteiger partial charge on any atom is -0.344 e. The van der Waals surface area contributed by atoms with Gasteiger partial charge in [-0.15, -0.1) is 0 Å². The maximum atomic E-state index is 4.88. The Morgan fingerprint density at radius 2 is 1.39 bits per heavy atom. The Morgan fingerprint density at radius 1 is 0.696 bits per heavy atom. The number of benzene rings is 4. The highest BCUT2D eigenvalue weighted by Gasteiger charge is 2.59. The lowest BCUT2D eigenvalue weighted by Crippen LogP contribution is -2.68. The quantitative estimate of drug-likeness (QED) is 0.147. The van der Waals surface area contributed by atoms with E-state index in [0.29, 0.717) is 0 Å². The summed E-state index contributed by atoms with van der Waals surface area (Å²) in [5, 5.41) is 2.47. The van der Waals surface area contributed by atoms with E-state index in [9.17, 15) is 0 Å². The van der Waals surface area contributed by atoms with Crippen LogP contribution in [-0.4, -0.2) is 30.3 Å². The molecule has 0 saturated carbocycles. The Hall–Kier alpha value is -4.45. The maximum absolute atomic E-state index is 4.88. The minimum absolute atomic E-state index is 0.0349. The van der Waals surface area contributed by atoms with Crippen LogP contribution in [0, 0.1) is 6.67 Å². The summed E-state index contributed by atoms with van der Waals surface area (Å²) < 4.78 is 4.00. The molecule has 5 nitrogen and oxygen atoms in total. The molecule has 0 N–H and O–H groups in total. The van der Waals surface area contributed by atoms with Crippen LogP contribution in [0.4, 0.5) is 28.4 Å². The first kappa shape index (κ1) is 29.0. The summed E-state index contributed by atoms with van der Waals surface area (Å²) in [6, 6.07) is 36.2. The van der Waals surface area contributed by atoms with Gasteiger partial charge in [-0.25, -0.2) is 4.98 Å². The molecule has 0 aliphatic carbocycles. The summed E-state index contributed by atoms with van der Waals surface area (Å²) in [5.74, 6) is 0.952. The number of anilines is 2. The number of pyridine rings is 1. The lowest BCUT2D eigenvalue weighted by Gasteiger charge is -2.55. The summed E-state index contributed by atoms with van der Waals surface area (Å²) in [6.07, 6.45) is 1.95. The van der Waals surface area contributed by atoms with Crippen molar-refractivity contribution < 1.29 is 0 Å². The molecular weight excluding hydrogens is 562 g/mol. The van der Waals surface area contributed by atoms with Crippen molar-refractivity contribution in [3.05, 3.63) is 121 Å². The third-order valence-electron chi connectivity index (χ3n) is 10.4. The molecule has 2 bridgehead atoms. The van der Waals surface area contributed by atoms with Crippen molar-refractivity contribution in [3.63, 3.8) is 0 Å². The molecule has 6 aromatic rings. The highest BCUT2D eigenvalue weighted by Crippen LogP contribution is 2.61. The molecule has 0 amide bonds. The molecule has 1 saturated heterocycles. The number of quaternary nitrogens is 2. The SMILES string of the molecule is CN(c1cccc([N@@+]23[CH-][N@@+](C)(C2)c2ccc(C(C)(C)C)cc23)c1)c1ccc2c3ccccc3n(-c3cc(C(C)(C)C)ccn3)c2c1. The van der Waals surface area contributed by atoms with E-state index in [4.69, 9.17) is 4.98 Å². The molecule has 46 heavy (non-hydrogen) atoms. The number of hydrogen-bond donors (Lipinski definition) is 0. The molecule has 1 fully saturated rings. The van der Waals surface area contributed by atoms with Crippen LogP contribution in [0.2, 0.25) is 0 Å². The lowest BCUT2D eigenvalue weighted by atomic mass is 9.86. The summed E-state index contributed by atoms with van der Waals surface area (Å²) in [6.45, 7) is 17.2. The first-order valence-corrected chi connectivity index (χ1v) is 16.4. The second kappa shape index (κ2) is 9.54. The molecule has 232 valence electrons. The third kappa shape index (κ3) is 4.18. The van der Waals surface area contributed by atoms with Gasteiger partial charge >= 0.3 is 0 Å². The molecular formula is C41H44N5+. The molecule has 5 heteroatoms. The van der Waals surface area contributed by atoms with E-state index in [2.05, 4.69) is 169 Å². The van der Waals surface area contributed by atoms with Crippen molar-refractivity contribution in [2.24, 2.45) is 0 Å². The Kier molecular flexibility index (Phi) is 6.01. The van der Waals surface area contributed by atoms with Crippen LogP contribution in [0.3, 0.4) is 0 Å². The molecule has 3 aliphatic heterocycles. The van der Waals surface area contributed by atoms with Gasteiger partial charge in [-0.1, -0.05) is 77.9 Å². The number of fused-ring (bicyclic) bond motifs is 3. The zero-order chi connectivity index (χ0) is 32.2. The number of para-hydroxylation sites is 1. The topological polar surface area (TPSA) is 21.1 Å². The van der Waals surface area contributed by atoms with Crippen LogP contribution in [0.15, 0.2) is 103 Å². The smallest absolute Gasteiger partial charge is 0.181 e. The fraction of sp³-hybridized carbons (Fsp3) is 0.268. The first-order valence-electron chi connectivity index (χ1n) is 16.4. The zero-order valence-electron chi connectivity index (χ0n) is 28.3. The van der Waals surface area contributed by atoms with E-state index in [1.165, 1.54) is 50.2 Å². The normalized spacial score (nSPS) is 20.6.